The van der Waals surface area contributed by atoms with Crippen LogP contribution in [-0.2, 0) is 6.18 Å². The first-order valence-electron chi connectivity index (χ1n) is 8.10. The van der Waals surface area contributed by atoms with Crippen LogP contribution in [0.4, 0.5) is 18.3 Å². The number of halogens is 3. The molecule has 142 valence electrons. The highest BCUT2D eigenvalue weighted by Gasteiger charge is 2.36. The summed E-state index contributed by atoms with van der Waals surface area (Å²) in [5.41, 5.74) is 0. The van der Waals surface area contributed by atoms with Crippen molar-refractivity contribution in [3.05, 3.63) is 29.3 Å². The molecule has 0 saturated carbocycles. The van der Waals surface area contributed by atoms with Gasteiger partial charge in [-0.2, -0.15) is 13.2 Å². The van der Waals surface area contributed by atoms with E-state index in [0.29, 0.717) is 36.2 Å². The van der Waals surface area contributed by atoms with Gasteiger partial charge in [0.05, 0.1) is 7.11 Å². The minimum absolute atomic E-state index is 0.325. The molecule has 1 aliphatic rings. The lowest BCUT2D eigenvalue weighted by atomic mass is 10.3. The zero-order valence-electron chi connectivity index (χ0n) is 14.2. The number of ether oxygens (including phenoxy) is 2. The Morgan fingerprint density at radius 2 is 1.69 bits per heavy atom. The number of rotatable bonds is 6. The summed E-state index contributed by atoms with van der Waals surface area (Å²) in [7, 11) is 1.61. The minimum Gasteiger partial charge on any atom is -0.497 e. The standard InChI is InChI=1S/C16H19F3N4O2S/c1-24-12-2-4-13(5-3-12)25-11-10-22-6-8-23(9-7-22)15-21-20-14(26-15)16(17,18)19/h2-5H,6-11H2,1H3. The number of hydrogen-bond acceptors (Lipinski definition) is 7. The van der Waals surface area contributed by atoms with Crippen LogP contribution in [0.3, 0.4) is 0 Å². The van der Waals surface area contributed by atoms with E-state index in [0.717, 1.165) is 31.1 Å². The summed E-state index contributed by atoms with van der Waals surface area (Å²) in [6, 6.07) is 7.38. The molecule has 0 aliphatic carbocycles. The lowest BCUT2D eigenvalue weighted by Gasteiger charge is -2.34. The Hall–Kier alpha value is -2.07. The van der Waals surface area contributed by atoms with E-state index in [2.05, 4.69) is 15.1 Å². The number of methoxy groups -OCH3 is 1. The Kier molecular flexibility index (Phi) is 5.82. The molecule has 10 heteroatoms. The number of aromatic nitrogens is 2. The van der Waals surface area contributed by atoms with Crippen LogP contribution in [0.5, 0.6) is 11.5 Å². The summed E-state index contributed by atoms with van der Waals surface area (Å²) >= 11 is 0.591. The van der Waals surface area contributed by atoms with E-state index in [1.165, 1.54) is 0 Å². The summed E-state index contributed by atoms with van der Waals surface area (Å²) in [4.78, 5) is 4.06. The molecule has 0 amide bonds. The fraction of sp³-hybridized carbons (Fsp3) is 0.500. The molecule has 0 spiro atoms. The van der Waals surface area contributed by atoms with Gasteiger partial charge in [0, 0.05) is 32.7 Å². The molecule has 1 aromatic heterocycles. The van der Waals surface area contributed by atoms with Gasteiger partial charge in [-0.15, -0.1) is 10.2 Å². The van der Waals surface area contributed by atoms with Gasteiger partial charge in [0.25, 0.3) is 0 Å². The lowest BCUT2D eigenvalue weighted by Crippen LogP contribution is -2.47. The molecule has 0 atom stereocenters. The van der Waals surface area contributed by atoms with Crippen LogP contribution < -0.4 is 14.4 Å². The quantitative estimate of drug-likeness (QED) is 0.759. The largest absolute Gasteiger partial charge is 0.497 e. The normalized spacial score (nSPS) is 15.9. The molecule has 1 fully saturated rings. The van der Waals surface area contributed by atoms with Gasteiger partial charge < -0.3 is 14.4 Å². The third-order valence-electron chi connectivity index (χ3n) is 4.04. The Morgan fingerprint density at radius 3 is 2.27 bits per heavy atom. The molecule has 1 aliphatic heterocycles. The maximum Gasteiger partial charge on any atom is 0.445 e. The number of piperazine rings is 1. The zero-order chi connectivity index (χ0) is 18.6. The van der Waals surface area contributed by atoms with E-state index >= 15 is 0 Å². The fourth-order valence-corrected chi connectivity index (χ4v) is 3.35. The minimum atomic E-state index is -4.43. The smallest absolute Gasteiger partial charge is 0.445 e. The van der Waals surface area contributed by atoms with Gasteiger partial charge in [0.15, 0.2) is 0 Å². The van der Waals surface area contributed by atoms with Gasteiger partial charge in [-0.05, 0) is 24.3 Å². The number of hydrogen-bond donors (Lipinski definition) is 0. The Labute approximate surface area is 153 Å². The number of benzene rings is 1. The van der Waals surface area contributed by atoms with Crippen LogP contribution in [-0.4, -0.2) is 61.5 Å². The fourth-order valence-electron chi connectivity index (χ4n) is 2.59. The summed E-state index contributed by atoms with van der Waals surface area (Å²) in [5.74, 6) is 1.55. The van der Waals surface area contributed by atoms with Crippen LogP contribution in [0.25, 0.3) is 0 Å². The van der Waals surface area contributed by atoms with Gasteiger partial charge in [-0.1, -0.05) is 11.3 Å². The molecule has 26 heavy (non-hydrogen) atoms. The first-order chi connectivity index (χ1) is 12.5. The van der Waals surface area contributed by atoms with Crippen molar-refractivity contribution in [3.8, 4) is 11.5 Å². The van der Waals surface area contributed by atoms with E-state index in [-0.39, 0.29) is 0 Å². The van der Waals surface area contributed by atoms with E-state index in [9.17, 15) is 13.2 Å². The van der Waals surface area contributed by atoms with Crippen molar-refractivity contribution in [2.24, 2.45) is 0 Å². The first kappa shape index (κ1) is 18.7. The van der Waals surface area contributed by atoms with Gasteiger partial charge in [-0.25, -0.2) is 0 Å². The van der Waals surface area contributed by atoms with Gasteiger partial charge in [0.2, 0.25) is 10.1 Å². The molecule has 2 heterocycles. The van der Waals surface area contributed by atoms with Crippen molar-refractivity contribution < 1.29 is 22.6 Å². The number of nitrogens with zero attached hydrogens (tertiary/aromatic N) is 4. The van der Waals surface area contributed by atoms with Crippen molar-refractivity contribution in [2.75, 3.05) is 51.3 Å². The summed E-state index contributed by atoms with van der Waals surface area (Å²) in [6.07, 6.45) is -4.43. The summed E-state index contributed by atoms with van der Waals surface area (Å²) < 4.78 is 48.6. The maximum absolute atomic E-state index is 12.6. The number of anilines is 1. The first-order valence-corrected chi connectivity index (χ1v) is 8.92. The van der Waals surface area contributed by atoms with E-state index in [1.807, 2.05) is 29.2 Å². The van der Waals surface area contributed by atoms with Crippen LogP contribution in [0, 0.1) is 0 Å². The highest BCUT2D eigenvalue weighted by molar-refractivity contribution is 7.15. The molecule has 2 aromatic rings. The summed E-state index contributed by atoms with van der Waals surface area (Å²) in [5, 5.41) is 6.33. The molecule has 0 unspecified atom stereocenters. The predicted octanol–water partition coefficient (Wildman–Crippen LogP) is 2.77. The molecule has 1 saturated heterocycles. The summed E-state index contributed by atoms with van der Waals surface area (Å²) in [6.45, 7) is 4.02. The molecular weight excluding hydrogens is 369 g/mol. The third kappa shape index (κ3) is 4.76. The van der Waals surface area contributed by atoms with E-state index in [1.54, 1.807) is 7.11 Å². The average molecular weight is 388 g/mol. The van der Waals surface area contributed by atoms with Crippen molar-refractivity contribution >= 4 is 16.5 Å². The maximum atomic E-state index is 12.6. The molecule has 3 rings (SSSR count). The highest BCUT2D eigenvalue weighted by atomic mass is 32.1. The number of alkyl halides is 3. The monoisotopic (exact) mass is 388 g/mol. The highest BCUT2D eigenvalue weighted by Crippen LogP contribution is 2.34. The SMILES string of the molecule is COc1ccc(OCCN2CCN(c3nnc(C(F)(F)F)s3)CC2)cc1. The Bertz CT molecular complexity index is 700. The van der Waals surface area contributed by atoms with E-state index < -0.39 is 11.2 Å². The predicted molar refractivity (Wildman–Crippen MR) is 92.1 cm³/mol. The molecule has 0 bridgehead atoms. The van der Waals surface area contributed by atoms with Crippen LogP contribution in [0.1, 0.15) is 5.01 Å². The Morgan fingerprint density at radius 1 is 1.04 bits per heavy atom. The third-order valence-corrected chi connectivity index (χ3v) is 5.06. The van der Waals surface area contributed by atoms with Crippen LogP contribution in [0.2, 0.25) is 0 Å². The molecule has 0 radical (unpaired) electrons. The van der Waals surface area contributed by atoms with Crippen molar-refractivity contribution in [2.45, 2.75) is 6.18 Å². The second-order valence-corrected chi connectivity index (χ2v) is 6.70. The molecular formula is C16H19F3N4O2S. The van der Waals surface area contributed by atoms with Crippen molar-refractivity contribution in [3.63, 3.8) is 0 Å². The van der Waals surface area contributed by atoms with Gasteiger partial charge >= 0.3 is 6.18 Å². The van der Waals surface area contributed by atoms with Crippen LogP contribution >= 0.6 is 11.3 Å². The molecule has 6 nitrogen and oxygen atoms in total. The Balaban J connectivity index is 1.41. The average Bonchev–Trinajstić information content (AvgIpc) is 3.13. The van der Waals surface area contributed by atoms with Gasteiger partial charge in [-0.3, -0.25) is 4.90 Å². The van der Waals surface area contributed by atoms with Crippen LogP contribution in [0.15, 0.2) is 24.3 Å². The van der Waals surface area contributed by atoms with Crippen molar-refractivity contribution in [1.82, 2.24) is 15.1 Å². The lowest BCUT2D eigenvalue weighted by molar-refractivity contribution is -0.138. The molecule has 0 N–H and O–H groups in total. The van der Waals surface area contributed by atoms with E-state index in [4.69, 9.17) is 9.47 Å². The van der Waals surface area contributed by atoms with Gasteiger partial charge in [0.1, 0.15) is 18.1 Å². The molecule has 1 aromatic carbocycles. The zero-order valence-corrected chi connectivity index (χ0v) is 15.0. The van der Waals surface area contributed by atoms with Crippen molar-refractivity contribution in [1.29, 1.82) is 0 Å². The topological polar surface area (TPSA) is 50.7 Å². The second kappa shape index (κ2) is 8.09. The second-order valence-electron chi connectivity index (χ2n) is 5.74.